The first kappa shape index (κ1) is 14.6. The molecule has 1 fully saturated rings. The fourth-order valence-corrected chi connectivity index (χ4v) is 3.10. The topological polar surface area (TPSA) is 66.3 Å². The molecule has 0 bridgehead atoms. The van der Waals surface area contributed by atoms with E-state index in [9.17, 15) is 9.59 Å². The molecular weight excluding hydrogens is 280 g/mol. The third-order valence-corrected chi connectivity index (χ3v) is 4.11. The Morgan fingerprint density at radius 1 is 1.32 bits per heavy atom. The normalized spacial score (nSPS) is 19.0. The number of amides is 1. The Kier molecular flexibility index (Phi) is 4.13. The summed E-state index contributed by atoms with van der Waals surface area (Å²) in [6, 6.07) is 6.82. The Morgan fingerprint density at radius 2 is 2.18 bits per heavy atom. The Bertz CT molecular complexity index is 703. The van der Waals surface area contributed by atoms with Gasteiger partial charge in [-0.15, -0.1) is 0 Å². The molecular formula is C17H20N2O3. The minimum atomic E-state index is -0.243. The summed E-state index contributed by atoms with van der Waals surface area (Å²) in [5.74, 6) is 0.717. The summed E-state index contributed by atoms with van der Waals surface area (Å²) >= 11 is 0. The second-order valence-corrected chi connectivity index (χ2v) is 5.80. The summed E-state index contributed by atoms with van der Waals surface area (Å²) in [5, 5.41) is 0. The van der Waals surface area contributed by atoms with Gasteiger partial charge in [-0.05, 0) is 38.0 Å². The highest BCUT2D eigenvalue weighted by molar-refractivity contribution is 5.94. The van der Waals surface area contributed by atoms with Gasteiger partial charge in [-0.1, -0.05) is 12.8 Å². The summed E-state index contributed by atoms with van der Waals surface area (Å²) in [4.78, 5) is 29.0. The molecule has 3 rings (SSSR count). The molecule has 1 N–H and O–H groups in total. The molecule has 1 amide bonds. The lowest BCUT2D eigenvalue weighted by Crippen LogP contribution is -2.35. The van der Waals surface area contributed by atoms with E-state index in [0.717, 1.165) is 31.4 Å². The van der Waals surface area contributed by atoms with E-state index in [0.29, 0.717) is 17.8 Å². The molecule has 116 valence electrons. The van der Waals surface area contributed by atoms with Crippen molar-refractivity contribution in [2.24, 2.45) is 0 Å². The van der Waals surface area contributed by atoms with Crippen molar-refractivity contribution < 1.29 is 9.21 Å². The molecule has 2 aromatic heterocycles. The molecule has 5 heteroatoms. The summed E-state index contributed by atoms with van der Waals surface area (Å²) in [6.07, 6.45) is 5.69. The van der Waals surface area contributed by atoms with Crippen LogP contribution >= 0.6 is 0 Å². The number of pyridine rings is 1. The molecule has 3 heterocycles. The molecule has 1 atom stereocenters. The van der Waals surface area contributed by atoms with Gasteiger partial charge in [0.05, 0.1) is 12.3 Å². The summed E-state index contributed by atoms with van der Waals surface area (Å²) in [5.41, 5.74) is 0.896. The average Bonchev–Trinajstić information content (AvgIpc) is 2.90. The standard InChI is InChI=1S/C17H20N2O3/c1-12-10-13(11-16(20)18-12)17(21)19-8-4-2-3-6-14(19)15-7-5-9-22-15/h5,7,9-11,14H,2-4,6,8H2,1H3,(H,18,20). The molecule has 0 aliphatic carbocycles. The first-order valence-electron chi connectivity index (χ1n) is 7.70. The number of likely N-dealkylation sites (tertiary alicyclic amines) is 1. The highest BCUT2D eigenvalue weighted by atomic mass is 16.3. The fourth-order valence-electron chi connectivity index (χ4n) is 3.10. The van der Waals surface area contributed by atoms with Crippen LogP contribution in [0.3, 0.4) is 0 Å². The zero-order valence-corrected chi connectivity index (χ0v) is 12.7. The van der Waals surface area contributed by atoms with E-state index in [1.54, 1.807) is 19.3 Å². The number of carbonyl (C=O) groups excluding carboxylic acids is 1. The molecule has 1 aliphatic rings. The molecule has 0 aromatic carbocycles. The maximum Gasteiger partial charge on any atom is 0.254 e. The molecule has 1 saturated heterocycles. The Hall–Kier alpha value is -2.30. The number of hydrogen-bond donors (Lipinski definition) is 1. The zero-order chi connectivity index (χ0) is 15.5. The van der Waals surface area contributed by atoms with Crippen LogP contribution in [0, 0.1) is 6.92 Å². The van der Waals surface area contributed by atoms with Crippen LogP contribution in [0.15, 0.2) is 39.7 Å². The van der Waals surface area contributed by atoms with Gasteiger partial charge in [0, 0.05) is 23.9 Å². The first-order valence-corrected chi connectivity index (χ1v) is 7.70. The lowest BCUT2D eigenvalue weighted by atomic mass is 10.1. The van der Waals surface area contributed by atoms with Crippen molar-refractivity contribution >= 4 is 5.91 Å². The number of nitrogens with zero attached hydrogens (tertiary/aromatic N) is 1. The van der Waals surface area contributed by atoms with Crippen LogP contribution in [-0.2, 0) is 0 Å². The van der Waals surface area contributed by atoms with Crippen molar-refractivity contribution in [1.29, 1.82) is 0 Å². The van der Waals surface area contributed by atoms with E-state index in [1.165, 1.54) is 6.07 Å². The van der Waals surface area contributed by atoms with Gasteiger partial charge in [0.15, 0.2) is 0 Å². The molecule has 0 saturated carbocycles. The minimum Gasteiger partial charge on any atom is -0.467 e. The van der Waals surface area contributed by atoms with Crippen LogP contribution < -0.4 is 5.56 Å². The van der Waals surface area contributed by atoms with Crippen LogP contribution in [0.1, 0.15) is 53.5 Å². The lowest BCUT2D eigenvalue weighted by molar-refractivity contribution is 0.0658. The number of nitrogens with one attached hydrogen (secondary N) is 1. The number of carbonyl (C=O) groups is 1. The van der Waals surface area contributed by atoms with Crippen LogP contribution in [-0.4, -0.2) is 22.3 Å². The lowest BCUT2D eigenvalue weighted by Gasteiger charge is -2.28. The first-order chi connectivity index (χ1) is 10.6. The van der Waals surface area contributed by atoms with Gasteiger partial charge in [-0.2, -0.15) is 0 Å². The number of rotatable bonds is 2. The van der Waals surface area contributed by atoms with Gasteiger partial charge in [0.25, 0.3) is 5.91 Å². The highest BCUT2D eigenvalue weighted by Gasteiger charge is 2.29. The molecule has 5 nitrogen and oxygen atoms in total. The van der Waals surface area contributed by atoms with Crippen LogP contribution in [0.5, 0.6) is 0 Å². The van der Waals surface area contributed by atoms with Gasteiger partial charge in [-0.3, -0.25) is 9.59 Å². The molecule has 0 spiro atoms. The monoisotopic (exact) mass is 300 g/mol. The van der Waals surface area contributed by atoms with Crippen LogP contribution in [0.2, 0.25) is 0 Å². The smallest absolute Gasteiger partial charge is 0.254 e. The summed E-state index contributed by atoms with van der Waals surface area (Å²) in [7, 11) is 0. The van der Waals surface area contributed by atoms with E-state index < -0.39 is 0 Å². The average molecular weight is 300 g/mol. The number of aromatic amines is 1. The maximum absolute atomic E-state index is 12.9. The van der Waals surface area contributed by atoms with E-state index in [2.05, 4.69) is 4.98 Å². The highest BCUT2D eigenvalue weighted by Crippen LogP contribution is 2.31. The number of aryl methyl sites for hydroxylation is 1. The van der Waals surface area contributed by atoms with Gasteiger partial charge < -0.3 is 14.3 Å². The van der Waals surface area contributed by atoms with Crippen molar-refractivity contribution in [3.05, 3.63) is 57.9 Å². The summed E-state index contributed by atoms with van der Waals surface area (Å²) in [6.45, 7) is 2.47. The van der Waals surface area contributed by atoms with E-state index in [-0.39, 0.29) is 17.5 Å². The zero-order valence-electron chi connectivity index (χ0n) is 12.7. The van der Waals surface area contributed by atoms with Gasteiger partial charge in [0.2, 0.25) is 5.56 Å². The van der Waals surface area contributed by atoms with E-state index in [1.807, 2.05) is 17.0 Å². The van der Waals surface area contributed by atoms with Crippen molar-refractivity contribution in [1.82, 2.24) is 9.88 Å². The van der Waals surface area contributed by atoms with Crippen molar-refractivity contribution in [3.63, 3.8) is 0 Å². The Labute approximate surface area is 128 Å². The van der Waals surface area contributed by atoms with Gasteiger partial charge >= 0.3 is 0 Å². The maximum atomic E-state index is 12.9. The minimum absolute atomic E-state index is 0.0513. The van der Waals surface area contributed by atoms with Gasteiger partial charge in [-0.25, -0.2) is 0 Å². The second kappa shape index (κ2) is 6.22. The van der Waals surface area contributed by atoms with Crippen LogP contribution in [0.4, 0.5) is 0 Å². The number of furan rings is 1. The molecule has 1 unspecified atom stereocenters. The van der Waals surface area contributed by atoms with E-state index in [4.69, 9.17) is 4.42 Å². The number of aromatic nitrogens is 1. The third-order valence-electron chi connectivity index (χ3n) is 4.11. The molecule has 1 aliphatic heterocycles. The third kappa shape index (κ3) is 2.98. The Morgan fingerprint density at radius 3 is 2.91 bits per heavy atom. The van der Waals surface area contributed by atoms with Crippen molar-refractivity contribution in [2.45, 2.75) is 38.6 Å². The predicted octanol–water partition coefficient (Wildman–Crippen LogP) is 3.03. The number of hydrogen-bond acceptors (Lipinski definition) is 3. The van der Waals surface area contributed by atoms with E-state index >= 15 is 0 Å². The SMILES string of the molecule is Cc1cc(C(=O)N2CCCCCC2c2ccco2)cc(=O)[nH]1. The predicted molar refractivity (Wildman–Crippen MR) is 82.8 cm³/mol. The molecule has 2 aromatic rings. The molecule has 0 radical (unpaired) electrons. The fraction of sp³-hybridized carbons (Fsp3) is 0.412. The van der Waals surface area contributed by atoms with Crippen molar-refractivity contribution in [3.8, 4) is 0 Å². The quantitative estimate of drug-likeness (QED) is 0.927. The van der Waals surface area contributed by atoms with Gasteiger partial charge in [0.1, 0.15) is 5.76 Å². The summed E-state index contributed by atoms with van der Waals surface area (Å²) < 4.78 is 5.53. The van der Waals surface area contributed by atoms with Crippen molar-refractivity contribution in [2.75, 3.05) is 6.54 Å². The number of H-pyrrole nitrogens is 1. The Balaban J connectivity index is 1.94. The largest absolute Gasteiger partial charge is 0.467 e. The van der Waals surface area contributed by atoms with Crippen LogP contribution in [0.25, 0.3) is 0 Å². The second-order valence-electron chi connectivity index (χ2n) is 5.80. The molecule has 22 heavy (non-hydrogen) atoms.